The average molecular weight is 218 g/mol. The molecule has 2 rings (SSSR count). The van der Waals surface area contributed by atoms with Crippen molar-refractivity contribution in [3.8, 4) is 0 Å². The van der Waals surface area contributed by atoms with Crippen LogP contribution in [0.15, 0.2) is 0 Å². The maximum absolute atomic E-state index is 10.8. The number of ether oxygens (including phenoxy) is 2. The number of aliphatic hydroxyl groups is 2. The maximum atomic E-state index is 10.8. The molecule has 6 atom stereocenters. The predicted octanol–water partition coefficient (Wildman–Crippen LogP) is -1.06. The quantitative estimate of drug-likeness (QED) is 0.519. The Morgan fingerprint density at radius 1 is 1.33 bits per heavy atom. The van der Waals surface area contributed by atoms with E-state index in [1.807, 2.05) is 0 Å². The highest BCUT2D eigenvalue weighted by molar-refractivity contribution is 5.73. The van der Waals surface area contributed by atoms with Gasteiger partial charge in [-0.2, -0.15) is 0 Å². The Morgan fingerprint density at radius 2 is 1.93 bits per heavy atom. The Labute approximate surface area is 86.4 Å². The minimum atomic E-state index is -1.34. The summed E-state index contributed by atoms with van der Waals surface area (Å²) >= 11 is 0. The Bertz CT molecular complexity index is 292. The molecule has 6 nitrogen and oxygen atoms in total. The van der Waals surface area contributed by atoms with Gasteiger partial charge >= 0.3 is 5.97 Å². The topological polar surface area (TPSA) is 96.2 Å². The summed E-state index contributed by atoms with van der Waals surface area (Å²) in [7, 11) is 0. The highest BCUT2D eigenvalue weighted by Gasteiger charge is 2.61. The number of aliphatic carboxylic acids is 1. The minimum absolute atomic E-state index is 0.352. The van der Waals surface area contributed by atoms with Crippen molar-refractivity contribution in [2.45, 2.75) is 44.1 Å². The fraction of sp³-hybridized carbons (Fsp3) is 0.889. The van der Waals surface area contributed by atoms with Crippen LogP contribution in [0, 0.1) is 5.92 Å². The summed E-state index contributed by atoms with van der Waals surface area (Å²) in [6.07, 6.45) is -4.21. The molecule has 2 heterocycles. The molecule has 0 aliphatic carbocycles. The van der Waals surface area contributed by atoms with E-state index in [2.05, 4.69) is 0 Å². The number of rotatable bonds is 1. The van der Waals surface area contributed by atoms with Crippen LogP contribution in [-0.2, 0) is 14.3 Å². The molecule has 6 heteroatoms. The fourth-order valence-corrected chi connectivity index (χ4v) is 2.27. The first-order valence-electron chi connectivity index (χ1n) is 4.81. The zero-order chi connectivity index (χ0) is 11.4. The molecule has 86 valence electrons. The minimum Gasteiger partial charge on any atom is -0.479 e. The first kappa shape index (κ1) is 10.8. The third-order valence-electron chi connectivity index (χ3n) is 3.17. The molecule has 2 fully saturated rings. The molecule has 2 aliphatic rings. The van der Waals surface area contributed by atoms with E-state index < -0.39 is 36.2 Å². The largest absolute Gasteiger partial charge is 0.479 e. The Morgan fingerprint density at radius 3 is 2.47 bits per heavy atom. The van der Waals surface area contributed by atoms with Crippen molar-refractivity contribution < 1.29 is 29.6 Å². The van der Waals surface area contributed by atoms with Crippen LogP contribution in [0.3, 0.4) is 0 Å². The van der Waals surface area contributed by atoms with E-state index in [9.17, 15) is 15.0 Å². The Hall–Kier alpha value is -0.690. The number of carbonyl (C=O) groups is 1. The summed E-state index contributed by atoms with van der Waals surface area (Å²) in [6.45, 7) is 3.17. The monoisotopic (exact) mass is 218 g/mol. The van der Waals surface area contributed by atoms with Crippen molar-refractivity contribution >= 4 is 5.97 Å². The van der Waals surface area contributed by atoms with Crippen molar-refractivity contribution in [1.29, 1.82) is 0 Å². The number of carboxylic acid groups (broad SMARTS) is 1. The summed E-state index contributed by atoms with van der Waals surface area (Å²) in [4.78, 5) is 10.8. The van der Waals surface area contributed by atoms with E-state index in [-0.39, 0.29) is 5.92 Å². The van der Waals surface area contributed by atoms with E-state index in [4.69, 9.17) is 14.6 Å². The van der Waals surface area contributed by atoms with Gasteiger partial charge in [0, 0.05) is 5.92 Å². The second kappa shape index (κ2) is 3.15. The molecule has 2 bridgehead atoms. The second-order valence-corrected chi connectivity index (χ2v) is 4.27. The molecule has 0 spiro atoms. The van der Waals surface area contributed by atoms with Gasteiger partial charge in [-0.05, 0) is 6.92 Å². The van der Waals surface area contributed by atoms with E-state index >= 15 is 0 Å². The van der Waals surface area contributed by atoms with Crippen LogP contribution < -0.4 is 0 Å². The molecule has 0 aromatic carbocycles. The molecule has 0 aromatic heterocycles. The van der Waals surface area contributed by atoms with Crippen LogP contribution in [0.25, 0.3) is 0 Å². The summed E-state index contributed by atoms with van der Waals surface area (Å²) < 4.78 is 10.4. The van der Waals surface area contributed by atoms with E-state index in [1.165, 1.54) is 6.92 Å². The molecule has 2 aliphatic heterocycles. The van der Waals surface area contributed by atoms with Crippen LogP contribution in [0.5, 0.6) is 0 Å². The summed E-state index contributed by atoms with van der Waals surface area (Å²) in [5.41, 5.74) is 0. The van der Waals surface area contributed by atoms with Crippen LogP contribution in [0.2, 0.25) is 0 Å². The van der Waals surface area contributed by atoms with Gasteiger partial charge in [0.1, 0.15) is 12.2 Å². The van der Waals surface area contributed by atoms with E-state index in [1.54, 1.807) is 6.92 Å². The average Bonchev–Trinajstić information content (AvgIpc) is 2.35. The lowest BCUT2D eigenvalue weighted by atomic mass is 9.94. The predicted molar refractivity (Wildman–Crippen MR) is 47.0 cm³/mol. The van der Waals surface area contributed by atoms with Crippen molar-refractivity contribution in [1.82, 2.24) is 0 Å². The number of aliphatic hydroxyl groups excluding tert-OH is 2. The number of hydrogen-bond acceptors (Lipinski definition) is 5. The molecule has 0 aromatic rings. The highest BCUT2D eigenvalue weighted by Crippen LogP contribution is 2.43. The molecular formula is C9H14O6. The van der Waals surface area contributed by atoms with Gasteiger partial charge in [-0.25, -0.2) is 4.79 Å². The third kappa shape index (κ3) is 1.37. The van der Waals surface area contributed by atoms with Crippen molar-refractivity contribution in [2.75, 3.05) is 0 Å². The van der Waals surface area contributed by atoms with E-state index in [0.717, 1.165) is 0 Å². The molecule has 0 amide bonds. The molecular weight excluding hydrogens is 204 g/mol. The first-order valence-corrected chi connectivity index (χ1v) is 4.81. The summed E-state index contributed by atoms with van der Waals surface area (Å²) in [6, 6.07) is 0. The van der Waals surface area contributed by atoms with Crippen LogP contribution in [-0.4, -0.2) is 51.5 Å². The highest BCUT2D eigenvalue weighted by atomic mass is 16.7. The summed E-state index contributed by atoms with van der Waals surface area (Å²) in [5, 5.41) is 28.3. The first-order chi connectivity index (χ1) is 6.87. The molecule has 15 heavy (non-hydrogen) atoms. The van der Waals surface area contributed by atoms with Gasteiger partial charge in [-0.15, -0.1) is 0 Å². The number of fused-ring (bicyclic) bond motifs is 2. The Kier molecular flexibility index (Phi) is 2.27. The summed E-state index contributed by atoms with van der Waals surface area (Å²) in [5.74, 6) is -2.93. The zero-order valence-electron chi connectivity index (χ0n) is 8.45. The van der Waals surface area contributed by atoms with Gasteiger partial charge in [-0.1, -0.05) is 6.92 Å². The lowest BCUT2D eigenvalue weighted by Crippen LogP contribution is -2.55. The fourth-order valence-electron chi connectivity index (χ4n) is 2.27. The van der Waals surface area contributed by atoms with Crippen LogP contribution in [0.1, 0.15) is 13.8 Å². The van der Waals surface area contributed by atoms with Gasteiger partial charge in [0.15, 0.2) is 11.9 Å². The normalized spacial score (nSPS) is 54.3. The number of carboxylic acids is 1. The maximum Gasteiger partial charge on any atom is 0.335 e. The van der Waals surface area contributed by atoms with Crippen molar-refractivity contribution in [2.24, 2.45) is 5.92 Å². The van der Waals surface area contributed by atoms with E-state index in [0.29, 0.717) is 0 Å². The second-order valence-electron chi connectivity index (χ2n) is 4.27. The third-order valence-corrected chi connectivity index (χ3v) is 3.17. The standard InChI is InChI=1S/C9H14O6/c1-3-5-4(10)6(8(12)13)15-9(2,14-5)7(3)11/h3-7,10-11H,1-2H3,(H,12,13)/t3-,4?,5?,6?,7+,9?/m0/s1. The SMILES string of the molecule is C[C@H]1C2OC(C)(OC(C(=O)O)C2O)[C@@H]1O. The molecule has 4 unspecified atom stereocenters. The van der Waals surface area contributed by atoms with Crippen molar-refractivity contribution in [3.05, 3.63) is 0 Å². The van der Waals surface area contributed by atoms with Crippen molar-refractivity contribution in [3.63, 3.8) is 0 Å². The lowest BCUT2D eigenvalue weighted by molar-refractivity contribution is -0.321. The lowest BCUT2D eigenvalue weighted by Gasteiger charge is -2.37. The smallest absolute Gasteiger partial charge is 0.335 e. The van der Waals surface area contributed by atoms with Crippen LogP contribution >= 0.6 is 0 Å². The Balaban J connectivity index is 2.31. The molecule has 0 saturated carbocycles. The van der Waals surface area contributed by atoms with Crippen LogP contribution in [0.4, 0.5) is 0 Å². The van der Waals surface area contributed by atoms with Gasteiger partial charge in [0.2, 0.25) is 0 Å². The molecule has 3 N–H and O–H groups in total. The molecule has 2 saturated heterocycles. The van der Waals surface area contributed by atoms with Gasteiger partial charge in [0.05, 0.1) is 6.10 Å². The van der Waals surface area contributed by atoms with Gasteiger partial charge in [0.25, 0.3) is 0 Å². The zero-order valence-corrected chi connectivity index (χ0v) is 8.45. The van der Waals surface area contributed by atoms with Gasteiger partial charge in [-0.3, -0.25) is 0 Å². The molecule has 0 radical (unpaired) electrons. The number of hydrogen-bond donors (Lipinski definition) is 3. The van der Waals surface area contributed by atoms with Gasteiger partial charge < -0.3 is 24.8 Å².